The van der Waals surface area contributed by atoms with Crippen LogP contribution in [0.5, 0.6) is 11.5 Å². The molecule has 0 saturated carbocycles. The topological polar surface area (TPSA) is 77.5 Å². The lowest BCUT2D eigenvalue weighted by Crippen LogP contribution is -2.44. The summed E-state index contributed by atoms with van der Waals surface area (Å²) >= 11 is 0. The summed E-state index contributed by atoms with van der Waals surface area (Å²) in [4.78, 5) is 29.3. The fourth-order valence-corrected chi connectivity index (χ4v) is 5.37. The van der Waals surface area contributed by atoms with Gasteiger partial charge in [-0.2, -0.15) is 0 Å². The molecular weight excluding hydrogens is 412 g/mol. The summed E-state index contributed by atoms with van der Waals surface area (Å²) in [6, 6.07) is 5.15. The third-order valence-electron chi connectivity index (χ3n) is 7.27. The van der Waals surface area contributed by atoms with Crippen LogP contribution in [0.4, 0.5) is 0 Å². The van der Waals surface area contributed by atoms with Crippen LogP contribution in [0.25, 0.3) is 0 Å². The van der Waals surface area contributed by atoms with Crippen molar-refractivity contribution in [3.8, 4) is 11.5 Å². The Morgan fingerprint density at radius 2 is 1.75 bits per heavy atom. The van der Waals surface area contributed by atoms with Gasteiger partial charge in [-0.3, -0.25) is 14.5 Å². The van der Waals surface area contributed by atoms with E-state index < -0.39 is 0 Å². The Bertz CT molecular complexity index is 814. The molecule has 4 rings (SSSR count). The lowest BCUT2D eigenvalue weighted by atomic mass is 9.76. The predicted molar refractivity (Wildman–Crippen MR) is 118 cm³/mol. The van der Waals surface area contributed by atoms with Crippen molar-refractivity contribution in [1.29, 1.82) is 0 Å². The number of ether oxygens (including phenoxy) is 4. The minimum Gasteiger partial charge on any atom is -0.497 e. The van der Waals surface area contributed by atoms with Crippen LogP contribution in [-0.4, -0.2) is 87.9 Å². The van der Waals surface area contributed by atoms with Gasteiger partial charge in [-0.25, -0.2) is 0 Å². The fraction of sp³-hybridized carbons (Fsp3) is 0.667. The van der Waals surface area contributed by atoms with Crippen LogP contribution in [-0.2, 0) is 14.3 Å². The van der Waals surface area contributed by atoms with E-state index in [0.29, 0.717) is 30.2 Å². The van der Waals surface area contributed by atoms with Gasteiger partial charge in [0.2, 0.25) is 0 Å². The summed E-state index contributed by atoms with van der Waals surface area (Å²) in [6.07, 6.45) is 4.84. The zero-order valence-corrected chi connectivity index (χ0v) is 19.3. The zero-order chi connectivity index (χ0) is 22.7. The number of likely N-dealkylation sites (tertiary alicyclic amines) is 2. The SMILES string of the molecule is COC(=O)[C@H]1CCCN1C[C@H]1CC2(CCN(C(=O)c3cc(OC)cc(OC)c3)CC2)CO1. The van der Waals surface area contributed by atoms with Crippen LogP contribution in [0.2, 0.25) is 0 Å². The lowest BCUT2D eigenvalue weighted by molar-refractivity contribution is -0.146. The summed E-state index contributed by atoms with van der Waals surface area (Å²) in [6.45, 7) is 3.84. The number of piperidine rings is 1. The molecule has 0 radical (unpaired) electrons. The molecule has 1 aromatic carbocycles. The number of nitrogens with zero attached hydrogens (tertiary/aromatic N) is 2. The molecule has 8 nitrogen and oxygen atoms in total. The number of hydrogen-bond donors (Lipinski definition) is 0. The normalized spacial score (nSPS) is 25.2. The molecule has 0 unspecified atom stereocenters. The highest BCUT2D eigenvalue weighted by atomic mass is 16.5. The Hall–Kier alpha value is -2.32. The van der Waals surface area contributed by atoms with E-state index in [2.05, 4.69) is 4.90 Å². The van der Waals surface area contributed by atoms with Gasteiger partial charge in [-0.05, 0) is 56.2 Å². The van der Waals surface area contributed by atoms with Gasteiger partial charge in [0.15, 0.2) is 0 Å². The molecule has 0 N–H and O–H groups in total. The molecule has 0 aromatic heterocycles. The molecule has 176 valence electrons. The number of rotatable bonds is 6. The van der Waals surface area contributed by atoms with Gasteiger partial charge >= 0.3 is 5.97 Å². The Balaban J connectivity index is 1.33. The highest BCUT2D eigenvalue weighted by molar-refractivity contribution is 5.95. The van der Waals surface area contributed by atoms with Crippen LogP contribution in [0.3, 0.4) is 0 Å². The molecule has 3 heterocycles. The average Bonchev–Trinajstić information content (AvgIpc) is 3.45. The standard InChI is InChI=1S/C24H34N2O6/c1-29-18-11-17(12-19(13-18)30-2)22(27)25-9-6-24(7-10-25)14-20(32-16-24)15-26-8-4-5-21(26)23(28)31-3/h11-13,20-21H,4-10,14-16H2,1-3H3/t20-,21-/m1/s1. The fourth-order valence-electron chi connectivity index (χ4n) is 5.37. The van der Waals surface area contributed by atoms with E-state index in [0.717, 1.165) is 51.8 Å². The van der Waals surface area contributed by atoms with Crippen molar-refractivity contribution in [2.45, 2.75) is 44.2 Å². The number of esters is 1. The highest BCUT2D eigenvalue weighted by Gasteiger charge is 2.44. The van der Waals surface area contributed by atoms with Gasteiger partial charge in [0.05, 0.1) is 34.0 Å². The van der Waals surface area contributed by atoms with Crippen LogP contribution in [0.1, 0.15) is 42.5 Å². The minimum absolute atomic E-state index is 0.00509. The predicted octanol–water partition coefficient (Wildman–Crippen LogP) is 2.35. The summed E-state index contributed by atoms with van der Waals surface area (Å²) in [5.41, 5.74) is 0.703. The molecular formula is C24H34N2O6. The summed E-state index contributed by atoms with van der Waals surface area (Å²) in [5.74, 6) is 1.09. The minimum atomic E-state index is -0.142. The molecule has 8 heteroatoms. The van der Waals surface area contributed by atoms with Gasteiger partial charge in [0.1, 0.15) is 17.5 Å². The number of carbonyl (C=O) groups excluding carboxylic acids is 2. The van der Waals surface area contributed by atoms with E-state index >= 15 is 0 Å². The van der Waals surface area contributed by atoms with Gasteiger partial charge in [-0.1, -0.05) is 0 Å². The molecule has 3 fully saturated rings. The Kier molecular flexibility index (Phi) is 6.90. The smallest absolute Gasteiger partial charge is 0.323 e. The maximum Gasteiger partial charge on any atom is 0.323 e. The number of amides is 1. The second-order valence-electron chi connectivity index (χ2n) is 9.21. The zero-order valence-electron chi connectivity index (χ0n) is 19.3. The largest absolute Gasteiger partial charge is 0.497 e. The second-order valence-corrected chi connectivity index (χ2v) is 9.21. The molecule has 3 aliphatic rings. The third kappa shape index (κ3) is 4.71. The Morgan fingerprint density at radius 1 is 1.06 bits per heavy atom. The molecule has 3 saturated heterocycles. The first-order valence-corrected chi connectivity index (χ1v) is 11.4. The maximum absolute atomic E-state index is 13.1. The summed E-state index contributed by atoms with van der Waals surface area (Å²) in [7, 11) is 4.62. The van der Waals surface area contributed by atoms with Gasteiger partial charge in [0, 0.05) is 31.3 Å². The van der Waals surface area contributed by atoms with Gasteiger partial charge < -0.3 is 23.8 Å². The molecule has 3 aliphatic heterocycles. The molecule has 0 aliphatic carbocycles. The second kappa shape index (κ2) is 9.67. The summed E-state index contributed by atoms with van der Waals surface area (Å²) < 4.78 is 21.8. The van der Waals surface area contributed by atoms with E-state index in [1.54, 1.807) is 32.4 Å². The number of benzene rings is 1. The molecule has 1 spiro atoms. The number of methoxy groups -OCH3 is 3. The van der Waals surface area contributed by atoms with Crippen molar-refractivity contribution in [2.75, 3.05) is 54.1 Å². The monoisotopic (exact) mass is 446 g/mol. The number of hydrogen-bond acceptors (Lipinski definition) is 7. The molecule has 2 atom stereocenters. The van der Waals surface area contributed by atoms with Gasteiger partial charge in [-0.15, -0.1) is 0 Å². The highest BCUT2D eigenvalue weighted by Crippen LogP contribution is 2.43. The lowest BCUT2D eigenvalue weighted by Gasteiger charge is -2.38. The molecule has 1 aromatic rings. The summed E-state index contributed by atoms with van der Waals surface area (Å²) in [5, 5.41) is 0. The van der Waals surface area contributed by atoms with Crippen molar-refractivity contribution in [3.05, 3.63) is 23.8 Å². The first-order chi connectivity index (χ1) is 15.5. The van der Waals surface area contributed by atoms with E-state index in [9.17, 15) is 9.59 Å². The first kappa shape index (κ1) is 22.9. The molecule has 32 heavy (non-hydrogen) atoms. The average molecular weight is 447 g/mol. The van der Waals surface area contributed by atoms with Crippen LogP contribution in [0.15, 0.2) is 18.2 Å². The Labute approximate surface area is 189 Å². The molecule has 1 amide bonds. The van der Waals surface area contributed by atoms with E-state index in [1.807, 2.05) is 4.90 Å². The van der Waals surface area contributed by atoms with E-state index in [4.69, 9.17) is 18.9 Å². The van der Waals surface area contributed by atoms with Crippen molar-refractivity contribution >= 4 is 11.9 Å². The van der Waals surface area contributed by atoms with Crippen molar-refractivity contribution in [3.63, 3.8) is 0 Å². The van der Waals surface area contributed by atoms with Crippen LogP contribution >= 0.6 is 0 Å². The van der Waals surface area contributed by atoms with Crippen molar-refractivity contribution in [2.24, 2.45) is 5.41 Å². The van der Waals surface area contributed by atoms with E-state index in [-0.39, 0.29) is 29.4 Å². The number of carbonyl (C=O) groups is 2. The quantitative estimate of drug-likeness (QED) is 0.621. The Morgan fingerprint density at radius 3 is 2.38 bits per heavy atom. The van der Waals surface area contributed by atoms with Crippen LogP contribution < -0.4 is 9.47 Å². The van der Waals surface area contributed by atoms with Crippen LogP contribution in [0, 0.1) is 5.41 Å². The third-order valence-corrected chi connectivity index (χ3v) is 7.27. The molecule has 0 bridgehead atoms. The van der Waals surface area contributed by atoms with E-state index in [1.165, 1.54) is 7.11 Å². The van der Waals surface area contributed by atoms with Gasteiger partial charge in [0.25, 0.3) is 5.91 Å². The maximum atomic E-state index is 13.1. The van der Waals surface area contributed by atoms with Crippen molar-refractivity contribution < 1.29 is 28.5 Å². The first-order valence-electron chi connectivity index (χ1n) is 11.4. The van der Waals surface area contributed by atoms with Crippen molar-refractivity contribution in [1.82, 2.24) is 9.80 Å².